The molecule has 3 aromatic heterocycles. The molecule has 0 aliphatic heterocycles. The quantitative estimate of drug-likeness (QED) is 0.0669. The molecule has 3 heterocycles. The summed E-state index contributed by atoms with van der Waals surface area (Å²) in [5.74, 6) is 0. The van der Waals surface area contributed by atoms with E-state index in [-0.39, 0.29) is 5.41 Å². The summed E-state index contributed by atoms with van der Waals surface area (Å²) in [5, 5.41) is 7.35. The number of anilines is 18. The van der Waals surface area contributed by atoms with E-state index in [0.29, 0.717) is 0 Å². The lowest BCUT2D eigenvalue weighted by Gasteiger charge is -2.29. The van der Waals surface area contributed by atoms with Crippen molar-refractivity contribution in [2.45, 2.75) is 19.3 Å². The van der Waals surface area contributed by atoms with Gasteiger partial charge in [0.1, 0.15) is 11.2 Å². The number of hydrogen-bond acceptors (Lipinski definition) is 9. The molecule has 684 valence electrons. The maximum atomic E-state index is 6.48. The number of rotatable bonds is 22. The van der Waals surface area contributed by atoms with Gasteiger partial charge in [-0.1, -0.05) is 317 Å². The standard InChI is InChI=1S/C69H51N3S.C66H45N3OS/c1-69(2)65-26-16-15-25-61(65)62-42-40-59(46-66(62)69)72(55-23-13-6-14-24-55)60-41-43-63-64-45-51(33-44-67(64)73-68(63)47-60)50-29-27-48(28-30-50)49-31-34-56(35-32-49)71(54-21-11-5-12-22-54)58-38-36-57(37-39-58)70(52-17-7-3-8-18-52)53-19-9-4-10-20-53;1-5-17-49(18-6-1)67(50-19-7-2-8-20-50)55-25-15-26-56(44-55)69(54-38-33-47(34-39-54)58-28-16-29-61-59-27-13-14-30-63(59)70-66(58)61)53-36-31-46(32-37-53)48-35-42-64-62(43-48)60-41-40-57(45-65(60)71-64)68(51-21-9-3-10-22-51)52-23-11-4-12-24-52/h3-47H,1-2H3;1-45H. The van der Waals surface area contributed by atoms with E-state index in [2.05, 4.69) is 577 Å². The first kappa shape index (κ1) is 87.4. The van der Waals surface area contributed by atoms with Crippen molar-refractivity contribution in [1.29, 1.82) is 0 Å². The predicted molar refractivity (Wildman–Crippen MR) is 613 cm³/mol. The summed E-state index contributed by atoms with van der Waals surface area (Å²) in [4.78, 5) is 14.0. The van der Waals surface area contributed by atoms with E-state index in [1.54, 1.807) is 0 Å². The molecule has 1 aliphatic rings. The molecule has 0 amide bonds. The minimum absolute atomic E-state index is 0.0829. The Labute approximate surface area is 846 Å². The monoisotopic (exact) mass is 1880 g/mol. The van der Waals surface area contributed by atoms with Gasteiger partial charge in [-0.15, -0.1) is 22.7 Å². The van der Waals surface area contributed by atoms with Crippen LogP contribution in [0.15, 0.2) is 550 Å². The molecule has 22 aromatic carbocycles. The Morgan fingerprint density at radius 3 is 0.833 bits per heavy atom. The number of hydrogen-bond donors (Lipinski definition) is 0. The van der Waals surface area contributed by atoms with Crippen molar-refractivity contribution in [3.05, 3.63) is 557 Å². The van der Waals surface area contributed by atoms with Gasteiger partial charge in [0, 0.05) is 164 Å². The van der Waals surface area contributed by atoms with Crippen molar-refractivity contribution >= 4 is 187 Å². The van der Waals surface area contributed by atoms with E-state index >= 15 is 0 Å². The average Bonchev–Trinajstić information content (AvgIpc) is 1.57. The molecule has 0 radical (unpaired) electrons. The van der Waals surface area contributed by atoms with Gasteiger partial charge in [0.05, 0.1) is 0 Å². The van der Waals surface area contributed by atoms with Crippen LogP contribution in [0, 0.1) is 0 Å². The zero-order valence-electron chi connectivity index (χ0n) is 79.4. The van der Waals surface area contributed by atoms with E-state index in [9.17, 15) is 0 Å². The highest BCUT2D eigenvalue weighted by atomic mass is 32.1. The molecule has 0 N–H and O–H groups in total. The molecule has 0 fully saturated rings. The molecule has 9 heteroatoms. The molecule has 7 nitrogen and oxygen atoms in total. The maximum absolute atomic E-state index is 6.48. The van der Waals surface area contributed by atoms with Crippen LogP contribution in [0.5, 0.6) is 0 Å². The SMILES string of the molecule is CC1(C)c2ccccc2-c2ccc(N(c3ccccc3)c3ccc4c(c3)sc3ccc(-c5ccc(-c6ccc(N(c7ccccc7)c7ccc(N(c8ccccc8)c8ccccc8)cc7)cc6)cc5)cc34)cc21.c1ccc(N(c2ccccc2)c2cccc(N(c3ccc(-c4ccc5sc6cc(N(c7ccccc7)c7ccccc7)ccc6c5c4)cc3)c3ccc(-c4cccc5c4oc4ccccc45)cc3)c2)cc1. The summed E-state index contributed by atoms with van der Waals surface area (Å²) in [6.07, 6.45) is 0. The lowest BCUT2D eigenvalue weighted by molar-refractivity contribution is 0.660. The van der Waals surface area contributed by atoms with Crippen LogP contribution in [0.3, 0.4) is 0 Å². The van der Waals surface area contributed by atoms with Crippen molar-refractivity contribution in [2.75, 3.05) is 29.4 Å². The highest BCUT2D eigenvalue weighted by Gasteiger charge is 2.36. The van der Waals surface area contributed by atoms with Gasteiger partial charge in [-0.05, 0) is 304 Å². The van der Waals surface area contributed by atoms with Crippen LogP contribution in [0.2, 0.25) is 0 Å². The van der Waals surface area contributed by atoms with Crippen molar-refractivity contribution in [3.8, 4) is 55.6 Å². The molecule has 1 aliphatic carbocycles. The lowest BCUT2D eigenvalue weighted by atomic mass is 9.82. The number of thiophene rings is 2. The van der Waals surface area contributed by atoms with E-state index < -0.39 is 0 Å². The van der Waals surface area contributed by atoms with Crippen LogP contribution < -0.4 is 29.4 Å². The van der Waals surface area contributed by atoms with Crippen molar-refractivity contribution in [2.24, 2.45) is 0 Å². The van der Waals surface area contributed by atoms with Crippen LogP contribution in [0.25, 0.3) is 118 Å². The summed E-state index contributed by atoms with van der Waals surface area (Å²) in [6.45, 7) is 4.71. The molecule has 0 unspecified atom stereocenters. The van der Waals surface area contributed by atoms with Gasteiger partial charge in [0.2, 0.25) is 0 Å². The third-order valence-electron chi connectivity index (χ3n) is 28.1. The van der Waals surface area contributed by atoms with Crippen molar-refractivity contribution in [1.82, 2.24) is 0 Å². The minimum atomic E-state index is -0.0829. The van der Waals surface area contributed by atoms with E-state index in [0.717, 1.165) is 135 Å². The summed E-state index contributed by atoms with van der Waals surface area (Å²) in [5.41, 5.74) is 36.3. The number of benzene rings is 22. The summed E-state index contributed by atoms with van der Waals surface area (Å²) < 4.78 is 11.6. The van der Waals surface area contributed by atoms with Crippen molar-refractivity contribution < 1.29 is 4.42 Å². The van der Waals surface area contributed by atoms with E-state index in [4.69, 9.17) is 4.42 Å². The Bertz CT molecular complexity index is 8820. The second-order valence-corrected chi connectivity index (χ2v) is 39.3. The zero-order valence-corrected chi connectivity index (χ0v) is 81.0. The first-order chi connectivity index (χ1) is 71.1. The number of para-hydroxylation sites is 10. The molecule has 0 saturated heterocycles. The molecule has 0 bridgehead atoms. The average molecular weight is 1880 g/mol. The Hall–Kier alpha value is -18.1. The van der Waals surface area contributed by atoms with Gasteiger partial charge in [0.25, 0.3) is 0 Å². The van der Waals surface area contributed by atoms with Crippen LogP contribution >= 0.6 is 22.7 Å². The van der Waals surface area contributed by atoms with Crippen LogP contribution in [0.4, 0.5) is 102 Å². The molecular formula is C135H96N6OS2. The fraction of sp³-hybridized carbons (Fsp3) is 0.0222. The zero-order chi connectivity index (χ0) is 96.0. The van der Waals surface area contributed by atoms with Gasteiger partial charge in [0.15, 0.2) is 0 Å². The third-order valence-corrected chi connectivity index (χ3v) is 30.3. The van der Waals surface area contributed by atoms with Gasteiger partial charge < -0.3 is 33.8 Å². The van der Waals surface area contributed by atoms with Gasteiger partial charge in [-0.25, -0.2) is 0 Å². The normalized spacial score (nSPS) is 11.9. The third kappa shape index (κ3) is 16.7. The van der Waals surface area contributed by atoms with Crippen LogP contribution in [-0.4, -0.2) is 0 Å². The smallest absolute Gasteiger partial charge is 0.143 e. The van der Waals surface area contributed by atoms with Crippen LogP contribution in [0.1, 0.15) is 25.0 Å². The Morgan fingerprint density at radius 2 is 0.424 bits per heavy atom. The molecule has 25 aromatic rings. The lowest BCUT2D eigenvalue weighted by Crippen LogP contribution is -2.16. The van der Waals surface area contributed by atoms with Crippen molar-refractivity contribution in [3.63, 3.8) is 0 Å². The largest absolute Gasteiger partial charge is 0.455 e. The molecule has 26 rings (SSSR count). The maximum Gasteiger partial charge on any atom is 0.143 e. The minimum Gasteiger partial charge on any atom is -0.455 e. The highest BCUT2D eigenvalue weighted by molar-refractivity contribution is 7.26. The van der Waals surface area contributed by atoms with Gasteiger partial charge in [-0.2, -0.15) is 0 Å². The van der Waals surface area contributed by atoms with Crippen LogP contribution in [-0.2, 0) is 5.41 Å². The second-order valence-electron chi connectivity index (χ2n) is 37.1. The Morgan fingerprint density at radius 1 is 0.160 bits per heavy atom. The predicted octanol–water partition coefficient (Wildman–Crippen LogP) is 39.8. The summed E-state index contributed by atoms with van der Waals surface area (Å²) in [7, 11) is 0. The summed E-state index contributed by atoms with van der Waals surface area (Å²) >= 11 is 3.71. The molecule has 0 spiro atoms. The Kier molecular flexibility index (Phi) is 23.0. The molecular weight excluding hydrogens is 1790 g/mol. The topological polar surface area (TPSA) is 32.6 Å². The number of furan rings is 1. The molecule has 0 atom stereocenters. The number of fused-ring (bicyclic) bond motifs is 12. The van der Waals surface area contributed by atoms with E-state index in [1.165, 1.54) is 96.1 Å². The van der Waals surface area contributed by atoms with E-state index in [1.807, 2.05) is 34.8 Å². The van der Waals surface area contributed by atoms with Gasteiger partial charge in [-0.3, -0.25) is 0 Å². The fourth-order valence-electron chi connectivity index (χ4n) is 21.0. The highest BCUT2D eigenvalue weighted by Crippen LogP contribution is 2.54. The molecule has 0 saturated carbocycles. The van der Waals surface area contributed by atoms with Gasteiger partial charge >= 0.3 is 0 Å². The first-order valence-corrected chi connectivity index (χ1v) is 50.7. The molecule has 144 heavy (non-hydrogen) atoms. The first-order valence-electron chi connectivity index (χ1n) is 49.1. The second kappa shape index (κ2) is 37.9. The Balaban J connectivity index is 0.000000151. The fourth-order valence-corrected chi connectivity index (χ4v) is 23.3. The summed E-state index contributed by atoms with van der Waals surface area (Å²) in [6, 6.07) is 197. The number of nitrogens with zero attached hydrogens (tertiary/aromatic N) is 6.